The first-order chi connectivity index (χ1) is 7.59. The van der Waals surface area contributed by atoms with Crippen LogP contribution >= 0.6 is 35.6 Å². The van der Waals surface area contributed by atoms with Gasteiger partial charge in [0.1, 0.15) is 0 Å². The predicted molar refractivity (Wildman–Crippen MR) is 70.7 cm³/mol. The monoisotopic (exact) mass is 270 g/mol. The molecule has 0 bridgehead atoms. The summed E-state index contributed by atoms with van der Waals surface area (Å²) in [4.78, 5) is 12.1. The van der Waals surface area contributed by atoms with Crippen LogP contribution in [0, 0.1) is 0 Å². The van der Waals surface area contributed by atoms with E-state index >= 15 is 0 Å². The van der Waals surface area contributed by atoms with E-state index in [4.69, 9.17) is 29.7 Å². The Morgan fingerprint density at radius 2 is 2.12 bits per heavy atom. The fraction of sp³-hybridized carbons (Fsp3) is 0. The van der Waals surface area contributed by atoms with Crippen LogP contribution in [-0.2, 0) is 4.79 Å². The van der Waals surface area contributed by atoms with Crippen LogP contribution in [-0.4, -0.2) is 15.2 Å². The third-order valence-electron chi connectivity index (χ3n) is 2.02. The highest BCUT2D eigenvalue weighted by molar-refractivity contribution is 8.26. The number of rotatable bonds is 1. The van der Waals surface area contributed by atoms with E-state index in [-0.39, 0.29) is 5.91 Å². The highest BCUT2D eigenvalue weighted by Gasteiger charge is 2.29. The molecular weight excluding hydrogens is 264 g/mol. The maximum absolute atomic E-state index is 11.6. The normalized spacial score (nSPS) is 18.6. The van der Waals surface area contributed by atoms with Crippen LogP contribution in [0.5, 0.6) is 0 Å². The van der Waals surface area contributed by atoms with Crippen molar-refractivity contribution in [1.82, 2.24) is 5.01 Å². The number of benzene rings is 1. The molecule has 0 unspecified atom stereocenters. The number of thiocarbonyl (C=S) groups is 1. The maximum atomic E-state index is 11.6. The standard InChI is InChI=1S/C10H7ClN2OS2/c11-7-4-2-1-3-6(7)5-8-9(14)13(12)10(15)16-8/h1-5H,12H2/b8-5-. The minimum Gasteiger partial charge on any atom is -0.267 e. The molecule has 0 radical (unpaired) electrons. The summed E-state index contributed by atoms with van der Waals surface area (Å²) in [5.74, 6) is 5.16. The third-order valence-corrected chi connectivity index (χ3v) is 3.69. The Morgan fingerprint density at radius 1 is 1.44 bits per heavy atom. The van der Waals surface area contributed by atoms with Gasteiger partial charge in [-0.1, -0.05) is 53.8 Å². The molecule has 0 atom stereocenters. The van der Waals surface area contributed by atoms with Crippen molar-refractivity contribution in [1.29, 1.82) is 0 Å². The number of nitrogens with zero attached hydrogens (tertiary/aromatic N) is 1. The van der Waals surface area contributed by atoms with Crippen LogP contribution < -0.4 is 5.84 Å². The Morgan fingerprint density at radius 3 is 2.69 bits per heavy atom. The lowest BCUT2D eigenvalue weighted by Gasteiger charge is -2.03. The molecular formula is C10H7ClN2OS2. The number of carbonyl (C=O) groups is 1. The number of thioether (sulfide) groups is 1. The van der Waals surface area contributed by atoms with Crippen LogP contribution in [0.25, 0.3) is 6.08 Å². The molecule has 3 nitrogen and oxygen atoms in total. The molecule has 16 heavy (non-hydrogen) atoms. The van der Waals surface area contributed by atoms with Crippen molar-refractivity contribution >= 4 is 51.9 Å². The molecule has 1 heterocycles. The highest BCUT2D eigenvalue weighted by Crippen LogP contribution is 2.31. The fourth-order valence-corrected chi connectivity index (χ4v) is 2.50. The predicted octanol–water partition coefficient (Wildman–Crippen LogP) is 2.41. The second-order valence-electron chi connectivity index (χ2n) is 3.07. The van der Waals surface area contributed by atoms with Crippen LogP contribution in [0.3, 0.4) is 0 Å². The van der Waals surface area contributed by atoms with E-state index in [1.165, 1.54) is 11.8 Å². The first-order valence-electron chi connectivity index (χ1n) is 4.37. The summed E-state index contributed by atoms with van der Waals surface area (Å²) in [6.45, 7) is 0. The van der Waals surface area contributed by atoms with Crippen molar-refractivity contribution in [3.05, 3.63) is 39.8 Å². The summed E-state index contributed by atoms with van der Waals surface area (Å²) in [6.07, 6.45) is 1.69. The number of hydrogen-bond donors (Lipinski definition) is 1. The number of amides is 1. The molecule has 1 aromatic rings. The summed E-state index contributed by atoms with van der Waals surface area (Å²) in [7, 11) is 0. The average molecular weight is 271 g/mol. The minimum absolute atomic E-state index is 0.296. The van der Waals surface area contributed by atoms with E-state index < -0.39 is 0 Å². The zero-order valence-electron chi connectivity index (χ0n) is 8.01. The Balaban J connectivity index is 2.37. The summed E-state index contributed by atoms with van der Waals surface area (Å²) in [5, 5.41) is 1.55. The topological polar surface area (TPSA) is 46.3 Å². The van der Waals surface area contributed by atoms with Crippen LogP contribution in [0.2, 0.25) is 5.02 Å². The van der Waals surface area contributed by atoms with Crippen LogP contribution in [0.4, 0.5) is 0 Å². The second kappa shape index (κ2) is 4.55. The quantitative estimate of drug-likeness (QED) is 0.368. The summed E-state index contributed by atoms with van der Waals surface area (Å²) in [5.41, 5.74) is 0.776. The summed E-state index contributed by atoms with van der Waals surface area (Å²) < 4.78 is 0.350. The summed E-state index contributed by atoms with van der Waals surface area (Å²) >= 11 is 12.1. The number of hydrogen-bond acceptors (Lipinski definition) is 4. The molecule has 1 aliphatic rings. The molecule has 6 heteroatoms. The van der Waals surface area contributed by atoms with Gasteiger partial charge in [0.2, 0.25) is 0 Å². The van der Waals surface area contributed by atoms with Gasteiger partial charge in [0.15, 0.2) is 4.32 Å². The zero-order chi connectivity index (χ0) is 11.7. The van der Waals surface area contributed by atoms with E-state index in [0.29, 0.717) is 14.2 Å². The van der Waals surface area contributed by atoms with Crippen molar-refractivity contribution in [3.63, 3.8) is 0 Å². The molecule has 0 aromatic heterocycles. The lowest BCUT2D eigenvalue weighted by Crippen LogP contribution is -2.34. The van der Waals surface area contributed by atoms with Gasteiger partial charge in [0.25, 0.3) is 5.91 Å². The van der Waals surface area contributed by atoms with Crippen molar-refractivity contribution in [2.24, 2.45) is 5.84 Å². The maximum Gasteiger partial charge on any atom is 0.280 e. The van der Waals surface area contributed by atoms with E-state index in [9.17, 15) is 4.79 Å². The van der Waals surface area contributed by atoms with Crippen molar-refractivity contribution in [2.75, 3.05) is 0 Å². The van der Waals surface area contributed by atoms with E-state index in [0.717, 1.165) is 10.6 Å². The number of hydrazine groups is 1. The van der Waals surface area contributed by atoms with Crippen LogP contribution in [0.1, 0.15) is 5.56 Å². The van der Waals surface area contributed by atoms with Gasteiger partial charge in [0.05, 0.1) is 4.91 Å². The van der Waals surface area contributed by atoms with E-state index in [1.807, 2.05) is 18.2 Å². The van der Waals surface area contributed by atoms with Gasteiger partial charge in [0, 0.05) is 5.02 Å². The first kappa shape index (κ1) is 11.6. The smallest absolute Gasteiger partial charge is 0.267 e. The van der Waals surface area contributed by atoms with Crippen molar-refractivity contribution in [3.8, 4) is 0 Å². The summed E-state index contributed by atoms with van der Waals surface area (Å²) in [6, 6.07) is 7.26. The van der Waals surface area contributed by atoms with Gasteiger partial charge in [-0.3, -0.25) is 4.79 Å². The van der Waals surface area contributed by atoms with Gasteiger partial charge in [-0.25, -0.2) is 10.9 Å². The lowest BCUT2D eigenvalue weighted by molar-refractivity contribution is -0.122. The molecule has 0 saturated carbocycles. The lowest BCUT2D eigenvalue weighted by atomic mass is 10.2. The zero-order valence-corrected chi connectivity index (χ0v) is 10.4. The second-order valence-corrected chi connectivity index (χ2v) is 5.16. The molecule has 1 aliphatic heterocycles. The molecule has 1 amide bonds. The average Bonchev–Trinajstić information content (AvgIpc) is 2.50. The molecule has 1 fully saturated rings. The van der Waals surface area contributed by atoms with Gasteiger partial charge in [-0.2, -0.15) is 0 Å². The molecule has 2 N–H and O–H groups in total. The first-order valence-corrected chi connectivity index (χ1v) is 5.97. The molecule has 2 rings (SSSR count). The van der Waals surface area contributed by atoms with Gasteiger partial charge < -0.3 is 0 Å². The molecule has 0 spiro atoms. The number of nitrogens with two attached hydrogens (primary N) is 1. The Hall–Kier alpha value is -0.880. The molecule has 1 aromatic carbocycles. The Labute approximate surface area is 107 Å². The Bertz CT molecular complexity index is 501. The molecule has 82 valence electrons. The third kappa shape index (κ3) is 2.12. The van der Waals surface area contributed by atoms with E-state index in [1.54, 1.807) is 12.1 Å². The van der Waals surface area contributed by atoms with Gasteiger partial charge in [-0.05, 0) is 17.7 Å². The SMILES string of the molecule is NN1C(=O)/C(=C/c2ccccc2Cl)SC1=S. The van der Waals surface area contributed by atoms with Crippen LogP contribution in [0.15, 0.2) is 29.2 Å². The molecule has 0 aliphatic carbocycles. The highest BCUT2D eigenvalue weighted by atomic mass is 35.5. The van der Waals surface area contributed by atoms with Crippen molar-refractivity contribution < 1.29 is 4.79 Å². The largest absolute Gasteiger partial charge is 0.280 e. The number of carbonyl (C=O) groups excluding carboxylic acids is 1. The fourth-order valence-electron chi connectivity index (χ4n) is 1.21. The van der Waals surface area contributed by atoms with E-state index in [2.05, 4.69) is 0 Å². The Kier molecular flexibility index (Phi) is 3.30. The van der Waals surface area contributed by atoms with Gasteiger partial charge in [-0.15, -0.1) is 0 Å². The number of halogens is 1. The van der Waals surface area contributed by atoms with Crippen molar-refractivity contribution in [2.45, 2.75) is 0 Å². The molecule has 1 saturated heterocycles. The van der Waals surface area contributed by atoms with Gasteiger partial charge >= 0.3 is 0 Å². The minimum atomic E-state index is -0.296.